The SMILES string of the molecule is CC(C)CN(CCN)C1CCCCC1. The average molecular weight is 198 g/mol. The fourth-order valence-electron chi connectivity index (χ4n) is 2.50. The van der Waals surface area contributed by atoms with Crippen LogP contribution in [-0.2, 0) is 0 Å². The van der Waals surface area contributed by atoms with Gasteiger partial charge in [-0.25, -0.2) is 0 Å². The molecule has 0 unspecified atom stereocenters. The Balaban J connectivity index is 2.38. The molecule has 0 bridgehead atoms. The van der Waals surface area contributed by atoms with E-state index in [1.165, 1.54) is 38.6 Å². The lowest BCUT2D eigenvalue weighted by atomic mass is 9.93. The average Bonchev–Trinajstić information content (AvgIpc) is 2.18. The lowest BCUT2D eigenvalue weighted by Gasteiger charge is -2.35. The maximum atomic E-state index is 5.67. The Hall–Kier alpha value is -0.0800. The highest BCUT2D eigenvalue weighted by molar-refractivity contribution is 4.76. The van der Waals surface area contributed by atoms with Crippen LogP contribution in [0.4, 0.5) is 0 Å². The van der Waals surface area contributed by atoms with Crippen molar-refractivity contribution in [1.29, 1.82) is 0 Å². The Morgan fingerprint density at radius 1 is 1.21 bits per heavy atom. The molecule has 0 radical (unpaired) electrons. The number of rotatable bonds is 5. The van der Waals surface area contributed by atoms with Gasteiger partial charge in [-0.05, 0) is 18.8 Å². The highest BCUT2D eigenvalue weighted by Crippen LogP contribution is 2.22. The molecule has 84 valence electrons. The Morgan fingerprint density at radius 2 is 1.86 bits per heavy atom. The molecule has 1 rings (SSSR count). The van der Waals surface area contributed by atoms with E-state index in [4.69, 9.17) is 5.73 Å². The summed E-state index contributed by atoms with van der Waals surface area (Å²) in [4.78, 5) is 2.61. The molecule has 0 aromatic rings. The van der Waals surface area contributed by atoms with Gasteiger partial charge in [0, 0.05) is 25.7 Å². The molecule has 1 aliphatic carbocycles. The number of nitrogens with two attached hydrogens (primary N) is 1. The molecule has 1 fully saturated rings. The molecule has 1 saturated carbocycles. The molecule has 0 heterocycles. The minimum absolute atomic E-state index is 0.767. The molecule has 14 heavy (non-hydrogen) atoms. The monoisotopic (exact) mass is 198 g/mol. The van der Waals surface area contributed by atoms with Crippen molar-refractivity contribution >= 4 is 0 Å². The molecule has 2 heteroatoms. The van der Waals surface area contributed by atoms with Crippen LogP contribution in [0.5, 0.6) is 0 Å². The first-order chi connectivity index (χ1) is 6.74. The van der Waals surface area contributed by atoms with Crippen molar-refractivity contribution in [3.8, 4) is 0 Å². The first kappa shape index (κ1) is 12.0. The number of nitrogens with zero attached hydrogens (tertiary/aromatic N) is 1. The van der Waals surface area contributed by atoms with E-state index in [2.05, 4.69) is 18.7 Å². The summed E-state index contributed by atoms with van der Waals surface area (Å²) < 4.78 is 0. The van der Waals surface area contributed by atoms with E-state index >= 15 is 0 Å². The summed E-state index contributed by atoms with van der Waals surface area (Å²) in [5, 5.41) is 0. The van der Waals surface area contributed by atoms with Gasteiger partial charge in [0.05, 0.1) is 0 Å². The molecular formula is C12H26N2. The molecule has 0 aromatic carbocycles. The minimum Gasteiger partial charge on any atom is -0.329 e. The number of hydrogen-bond acceptors (Lipinski definition) is 2. The topological polar surface area (TPSA) is 29.3 Å². The standard InChI is InChI=1S/C12H26N2/c1-11(2)10-14(9-8-13)12-6-4-3-5-7-12/h11-12H,3-10,13H2,1-2H3. The third-order valence-electron chi connectivity index (χ3n) is 3.11. The summed E-state index contributed by atoms with van der Waals surface area (Å²) in [5.74, 6) is 0.767. The molecular weight excluding hydrogens is 172 g/mol. The van der Waals surface area contributed by atoms with E-state index in [1.807, 2.05) is 0 Å². The second-order valence-electron chi connectivity index (χ2n) is 4.97. The van der Waals surface area contributed by atoms with Gasteiger partial charge in [-0.1, -0.05) is 33.1 Å². The van der Waals surface area contributed by atoms with Gasteiger partial charge in [0.25, 0.3) is 0 Å². The maximum Gasteiger partial charge on any atom is 0.0108 e. The van der Waals surface area contributed by atoms with Crippen LogP contribution < -0.4 is 5.73 Å². The van der Waals surface area contributed by atoms with Gasteiger partial charge in [-0.3, -0.25) is 4.90 Å². The van der Waals surface area contributed by atoms with Gasteiger partial charge in [-0.2, -0.15) is 0 Å². The Bertz CT molecular complexity index is 139. The quantitative estimate of drug-likeness (QED) is 0.734. The minimum atomic E-state index is 0.767. The Kier molecular flexibility index (Phi) is 5.49. The molecule has 0 aliphatic heterocycles. The number of hydrogen-bond donors (Lipinski definition) is 1. The molecule has 1 aliphatic rings. The first-order valence-corrected chi connectivity index (χ1v) is 6.18. The summed E-state index contributed by atoms with van der Waals surface area (Å²) in [6, 6.07) is 0.828. The van der Waals surface area contributed by atoms with Gasteiger partial charge < -0.3 is 5.73 Å². The first-order valence-electron chi connectivity index (χ1n) is 6.18. The van der Waals surface area contributed by atoms with Gasteiger partial charge in [0.1, 0.15) is 0 Å². The van der Waals surface area contributed by atoms with Gasteiger partial charge in [-0.15, -0.1) is 0 Å². The second-order valence-corrected chi connectivity index (χ2v) is 4.97. The van der Waals surface area contributed by atoms with Crippen molar-refractivity contribution < 1.29 is 0 Å². The molecule has 2 N–H and O–H groups in total. The third-order valence-corrected chi connectivity index (χ3v) is 3.11. The summed E-state index contributed by atoms with van der Waals surface area (Å²) in [6.07, 6.45) is 7.07. The van der Waals surface area contributed by atoms with Crippen molar-refractivity contribution in [2.45, 2.75) is 52.0 Å². The zero-order valence-corrected chi connectivity index (χ0v) is 9.84. The van der Waals surface area contributed by atoms with E-state index in [0.717, 1.165) is 25.0 Å². The largest absolute Gasteiger partial charge is 0.329 e. The zero-order chi connectivity index (χ0) is 10.4. The molecule has 0 saturated heterocycles. The van der Waals surface area contributed by atoms with E-state index in [9.17, 15) is 0 Å². The highest BCUT2D eigenvalue weighted by atomic mass is 15.2. The second kappa shape index (κ2) is 6.41. The summed E-state index contributed by atoms with van der Waals surface area (Å²) in [7, 11) is 0. The van der Waals surface area contributed by atoms with Gasteiger partial charge in [0.15, 0.2) is 0 Å². The Labute approximate surface area is 88.8 Å². The van der Waals surface area contributed by atoms with Crippen LogP contribution in [0.3, 0.4) is 0 Å². The summed E-state index contributed by atoms with van der Waals surface area (Å²) in [6.45, 7) is 7.71. The maximum absolute atomic E-state index is 5.67. The lowest BCUT2D eigenvalue weighted by Crippen LogP contribution is -2.42. The van der Waals surface area contributed by atoms with E-state index < -0.39 is 0 Å². The van der Waals surface area contributed by atoms with Crippen LogP contribution in [0.15, 0.2) is 0 Å². The normalized spacial score (nSPS) is 19.5. The van der Waals surface area contributed by atoms with Crippen molar-refractivity contribution in [3.05, 3.63) is 0 Å². The van der Waals surface area contributed by atoms with Crippen molar-refractivity contribution in [3.63, 3.8) is 0 Å². The fraction of sp³-hybridized carbons (Fsp3) is 1.00. The molecule has 2 nitrogen and oxygen atoms in total. The van der Waals surface area contributed by atoms with Crippen molar-refractivity contribution in [2.24, 2.45) is 11.7 Å². The van der Waals surface area contributed by atoms with Crippen LogP contribution in [0.2, 0.25) is 0 Å². The fourth-order valence-corrected chi connectivity index (χ4v) is 2.50. The van der Waals surface area contributed by atoms with E-state index in [-0.39, 0.29) is 0 Å². The van der Waals surface area contributed by atoms with Crippen LogP contribution in [0, 0.1) is 5.92 Å². The van der Waals surface area contributed by atoms with Crippen LogP contribution in [0.1, 0.15) is 46.0 Å². The molecule has 0 amide bonds. The van der Waals surface area contributed by atoms with E-state index in [0.29, 0.717) is 0 Å². The Morgan fingerprint density at radius 3 is 2.36 bits per heavy atom. The van der Waals surface area contributed by atoms with Crippen molar-refractivity contribution in [1.82, 2.24) is 4.90 Å². The molecule has 0 aromatic heterocycles. The van der Waals surface area contributed by atoms with Crippen LogP contribution in [0.25, 0.3) is 0 Å². The third kappa shape index (κ3) is 3.97. The molecule has 0 spiro atoms. The van der Waals surface area contributed by atoms with Crippen LogP contribution >= 0.6 is 0 Å². The van der Waals surface area contributed by atoms with E-state index in [1.54, 1.807) is 0 Å². The van der Waals surface area contributed by atoms with Crippen molar-refractivity contribution in [2.75, 3.05) is 19.6 Å². The predicted octanol–water partition coefficient (Wildman–Crippen LogP) is 2.24. The molecule has 0 atom stereocenters. The van der Waals surface area contributed by atoms with Gasteiger partial charge >= 0.3 is 0 Å². The highest BCUT2D eigenvalue weighted by Gasteiger charge is 2.20. The smallest absolute Gasteiger partial charge is 0.0108 e. The predicted molar refractivity (Wildman–Crippen MR) is 62.3 cm³/mol. The zero-order valence-electron chi connectivity index (χ0n) is 9.84. The lowest BCUT2D eigenvalue weighted by molar-refractivity contribution is 0.144. The van der Waals surface area contributed by atoms with Gasteiger partial charge in [0.2, 0.25) is 0 Å². The summed E-state index contributed by atoms with van der Waals surface area (Å²) in [5.41, 5.74) is 5.67. The summed E-state index contributed by atoms with van der Waals surface area (Å²) >= 11 is 0. The van der Waals surface area contributed by atoms with Crippen LogP contribution in [-0.4, -0.2) is 30.6 Å².